The Kier molecular flexibility index (Phi) is 10.0. The molecular weight excluding hydrogens is 520 g/mol. The lowest BCUT2D eigenvalue weighted by atomic mass is 10.0. The third kappa shape index (κ3) is 8.28. The Labute approximate surface area is 231 Å². The summed E-state index contributed by atoms with van der Waals surface area (Å²) in [5, 5.41) is 0. The van der Waals surface area contributed by atoms with Gasteiger partial charge >= 0.3 is 0 Å². The zero-order valence-corrected chi connectivity index (χ0v) is 23.7. The molecule has 9 nitrogen and oxygen atoms in total. The van der Waals surface area contributed by atoms with Crippen LogP contribution in [0.25, 0.3) is 0 Å². The summed E-state index contributed by atoms with van der Waals surface area (Å²) in [6.07, 6.45) is 7.68. The Morgan fingerprint density at radius 1 is 1.05 bits per heavy atom. The van der Waals surface area contributed by atoms with Crippen molar-refractivity contribution >= 4 is 10.1 Å². The molecule has 1 aromatic heterocycles. The van der Waals surface area contributed by atoms with Crippen molar-refractivity contribution in [2.75, 3.05) is 26.4 Å². The summed E-state index contributed by atoms with van der Waals surface area (Å²) in [5.41, 5.74) is 2.01. The SMILES string of the molecule is CCCOc1cc(CC[C@@]2(Cn3ccnc3)OC[C@@H](COS(=O)(=O)c3ccc(C)cc3)O2)cc(OCCC)c1. The van der Waals surface area contributed by atoms with E-state index in [1.54, 1.807) is 24.7 Å². The van der Waals surface area contributed by atoms with Gasteiger partial charge in [-0.25, -0.2) is 4.98 Å². The van der Waals surface area contributed by atoms with Crippen LogP contribution >= 0.6 is 0 Å². The van der Waals surface area contributed by atoms with Crippen LogP contribution in [-0.4, -0.2) is 56.3 Å². The van der Waals surface area contributed by atoms with E-state index in [2.05, 4.69) is 18.8 Å². The van der Waals surface area contributed by atoms with Gasteiger partial charge in [0.15, 0.2) is 5.79 Å². The lowest BCUT2D eigenvalue weighted by Gasteiger charge is -2.29. The van der Waals surface area contributed by atoms with Gasteiger partial charge in [-0.1, -0.05) is 31.5 Å². The molecule has 0 bridgehead atoms. The van der Waals surface area contributed by atoms with Crippen molar-refractivity contribution in [1.82, 2.24) is 9.55 Å². The summed E-state index contributed by atoms with van der Waals surface area (Å²) < 4.78 is 57.0. The van der Waals surface area contributed by atoms with Crippen molar-refractivity contribution in [3.8, 4) is 11.5 Å². The normalized spacial score (nSPS) is 19.3. The minimum Gasteiger partial charge on any atom is -0.493 e. The fourth-order valence-electron chi connectivity index (χ4n) is 4.30. The second kappa shape index (κ2) is 13.4. The van der Waals surface area contributed by atoms with E-state index < -0.39 is 22.0 Å². The van der Waals surface area contributed by atoms with Crippen LogP contribution in [0.3, 0.4) is 0 Å². The molecule has 3 aromatic rings. The van der Waals surface area contributed by atoms with Crippen LogP contribution < -0.4 is 9.47 Å². The number of hydrogen-bond donors (Lipinski definition) is 0. The van der Waals surface area contributed by atoms with Crippen LogP contribution in [-0.2, 0) is 36.7 Å². The number of aryl methyl sites for hydroxylation is 2. The van der Waals surface area contributed by atoms with Gasteiger partial charge in [0.1, 0.15) is 17.6 Å². The first-order chi connectivity index (χ1) is 18.8. The second-order valence-electron chi connectivity index (χ2n) is 9.76. The molecule has 0 amide bonds. The minimum absolute atomic E-state index is 0.114. The summed E-state index contributed by atoms with van der Waals surface area (Å²) in [6.45, 7) is 7.76. The van der Waals surface area contributed by atoms with Crippen LogP contribution in [0, 0.1) is 6.92 Å². The lowest BCUT2D eigenvalue weighted by Crippen LogP contribution is -2.37. The highest BCUT2D eigenvalue weighted by atomic mass is 32.2. The molecule has 1 fully saturated rings. The maximum atomic E-state index is 12.7. The summed E-state index contributed by atoms with van der Waals surface area (Å²) in [7, 11) is -3.91. The molecule has 0 spiro atoms. The highest BCUT2D eigenvalue weighted by Gasteiger charge is 2.42. The highest BCUT2D eigenvalue weighted by Crippen LogP contribution is 2.33. The van der Waals surface area contributed by atoms with Gasteiger partial charge in [-0.2, -0.15) is 8.42 Å². The lowest BCUT2D eigenvalue weighted by molar-refractivity contribution is -0.184. The van der Waals surface area contributed by atoms with Gasteiger partial charge in [0.2, 0.25) is 0 Å². The van der Waals surface area contributed by atoms with E-state index in [1.165, 1.54) is 12.1 Å². The number of ether oxygens (including phenoxy) is 4. The van der Waals surface area contributed by atoms with Gasteiger partial charge in [-0.15, -0.1) is 0 Å². The summed E-state index contributed by atoms with van der Waals surface area (Å²) in [4.78, 5) is 4.25. The first-order valence-electron chi connectivity index (χ1n) is 13.4. The molecular formula is C29H38N2O7S. The van der Waals surface area contributed by atoms with Crippen LogP contribution in [0.2, 0.25) is 0 Å². The average molecular weight is 559 g/mol. The van der Waals surface area contributed by atoms with Crippen molar-refractivity contribution in [1.29, 1.82) is 0 Å². The molecule has 1 saturated heterocycles. The standard InChI is InChI=1S/C29H38N2O7S/c1-4-14-34-25-16-24(17-26(18-25)35-15-5-2)10-11-29(21-31-13-12-30-22-31)36-19-27(38-29)20-37-39(32,33)28-8-6-23(3)7-9-28/h6-9,12-13,16-18,22,27H,4-5,10-11,14-15,19-21H2,1-3H3/t27-,29+/m0/s1. The van der Waals surface area contributed by atoms with Gasteiger partial charge < -0.3 is 23.5 Å². The fourth-order valence-corrected chi connectivity index (χ4v) is 5.24. The molecule has 212 valence electrons. The van der Waals surface area contributed by atoms with Crippen LogP contribution in [0.1, 0.15) is 44.2 Å². The van der Waals surface area contributed by atoms with E-state index in [9.17, 15) is 8.42 Å². The van der Waals surface area contributed by atoms with E-state index in [-0.39, 0.29) is 18.1 Å². The number of rotatable bonds is 15. The topological polar surface area (TPSA) is 98.1 Å². The van der Waals surface area contributed by atoms with E-state index >= 15 is 0 Å². The molecule has 1 aliphatic heterocycles. The first kappa shape index (κ1) is 29.1. The van der Waals surface area contributed by atoms with Crippen molar-refractivity contribution in [3.05, 3.63) is 72.3 Å². The fraction of sp³-hybridized carbons (Fsp3) is 0.483. The summed E-state index contributed by atoms with van der Waals surface area (Å²) in [5.74, 6) is 0.558. The second-order valence-corrected chi connectivity index (χ2v) is 11.4. The molecule has 2 aromatic carbocycles. The van der Waals surface area contributed by atoms with Gasteiger partial charge in [0, 0.05) is 24.9 Å². The Bertz CT molecular complexity index is 1250. The Morgan fingerprint density at radius 3 is 2.36 bits per heavy atom. The van der Waals surface area contributed by atoms with Gasteiger partial charge in [-0.05, 0) is 56.0 Å². The zero-order chi connectivity index (χ0) is 27.7. The van der Waals surface area contributed by atoms with Gasteiger partial charge in [0.05, 0.1) is 44.2 Å². The third-order valence-corrected chi connectivity index (χ3v) is 7.59. The number of imidazole rings is 1. The monoisotopic (exact) mass is 558 g/mol. The van der Waals surface area contributed by atoms with Crippen molar-refractivity contribution in [2.24, 2.45) is 0 Å². The highest BCUT2D eigenvalue weighted by molar-refractivity contribution is 7.86. The number of hydrogen-bond acceptors (Lipinski definition) is 8. The number of aromatic nitrogens is 2. The van der Waals surface area contributed by atoms with Crippen molar-refractivity contribution in [2.45, 2.75) is 69.8 Å². The molecule has 4 rings (SSSR count). The van der Waals surface area contributed by atoms with E-state index in [0.717, 1.165) is 35.5 Å². The van der Waals surface area contributed by atoms with Crippen molar-refractivity contribution < 1.29 is 31.5 Å². The molecule has 1 aliphatic rings. The quantitative estimate of drug-likeness (QED) is 0.243. The van der Waals surface area contributed by atoms with Crippen LogP contribution in [0.15, 0.2) is 66.1 Å². The largest absolute Gasteiger partial charge is 0.493 e. The average Bonchev–Trinajstić information content (AvgIpc) is 3.59. The van der Waals surface area contributed by atoms with Crippen LogP contribution in [0.5, 0.6) is 11.5 Å². The summed E-state index contributed by atoms with van der Waals surface area (Å²) >= 11 is 0. The smallest absolute Gasteiger partial charge is 0.297 e. The Balaban J connectivity index is 1.45. The molecule has 0 N–H and O–H groups in total. The van der Waals surface area contributed by atoms with Crippen molar-refractivity contribution in [3.63, 3.8) is 0 Å². The minimum atomic E-state index is -3.91. The molecule has 2 atom stereocenters. The molecule has 0 aliphatic carbocycles. The molecule has 10 heteroatoms. The molecule has 0 saturated carbocycles. The van der Waals surface area contributed by atoms with Gasteiger partial charge in [0.25, 0.3) is 10.1 Å². The Hall–Kier alpha value is -2.92. The predicted octanol–water partition coefficient (Wildman–Crippen LogP) is 4.92. The number of benzene rings is 2. The van der Waals surface area contributed by atoms with E-state index in [0.29, 0.717) is 32.6 Å². The van der Waals surface area contributed by atoms with E-state index in [4.69, 9.17) is 23.1 Å². The third-order valence-electron chi connectivity index (χ3n) is 6.30. The zero-order valence-electron chi connectivity index (χ0n) is 22.9. The van der Waals surface area contributed by atoms with E-state index in [1.807, 2.05) is 35.9 Å². The predicted molar refractivity (Wildman–Crippen MR) is 146 cm³/mol. The molecule has 39 heavy (non-hydrogen) atoms. The molecule has 0 radical (unpaired) electrons. The molecule has 0 unspecified atom stereocenters. The number of nitrogens with zero attached hydrogens (tertiary/aromatic N) is 2. The Morgan fingerprint density at radius 2 is 1.74 bits per heavy atom. The molecule has 2 heterocycles. The summed E-state index contributed by atoms with van der Waals surface area (Å²) in [6, 6.07) is 12.5. The van der Waals surface area contributed by atoms with Gasteiger partial charge in [-0.3, -0.25) is 4.18 Å². The maximum Gasteiger partial charge on any atom is 0.297 e. The maximum absolute atomic E-state index is 12.7. The first-order valence-corrected chi connectivity index (χ1v) is 14.8. The van der Waals surface area contributed by atoms with Crippen LogP contribution in [0.4, 0.5) is 0 Å².